The molecule has 17 heavy (non-hydrogen) atoms. The third kappa shape index (κ3) is 1.96. The average Bonchev–Trinajstić information content (AvgIpc) is 2.72. The monoisotopic (exact) mass is 259 g/mol. The molecule has 0 amide bonds. The molecule has 0 aliphatic rings. The van der Waals surface area contributed by atoms with Gasteiger partial charge in [-0.3, -0.25) is 0 Å². The van der Waals surface area contributed by atoms with Gasteiger partial charge in [-0.05, 0) is 6.07 Å². The van der Waals surface area contributed by atoms with Gasteiger partial charge in [-0.15, -0.1) is 0 Å². The van der Waals surface area contributed by atoms with Crippen molar-refractivity contribution in [1.82, 2.24) is 15.0 Å². The molecule has 0 radical (unpaired) electrons. The Hall–Kier alpha value is -2.03. The summed E-state index contributed by atoms with van der Waals surface area (Å²) >= 11 is 0. The number of nitrogens with zero attached hydrogens (tertiary/aromatic N) is 2. The van der Waals surface area contributed by atoms with Gasteiger partial charge < -0.3 is 9.72 Å². The number of rotatable bonds is 2. The van der Waals surface area contributed by atoms with Crippen LogP contribution >= 0.6 is 0 Å². The van der Waals surface area contributed by atoms with E-state index in [1.807, 2.05) is 0 Å². The maximum Gasteiger partial charge on any atom is 0.376 e. The van der Waals surface area contributed by atoms with Gasteiger partial charge in [0.1, 0.15) is 5.65 Å². The molecule has 0 bridgehead atoms. The molecule has 0 unspecified atom stereocenters. The van der Waals surface area contributed by atoms with Gasteiger partial charge in [0, 0.05) is 6.20 Å². The molecule has 0 atom stereocenters. The Bertz CT molecular complexity index is 694. The number of aromatic nitrogens is 3. The molecule has 0 fully saturated rings. The van der Waals surface area contributed by atoms with Crippen LogP contribution in [-0.2, 0) is 15.0 Å². The fraction of sp³-hybridized carbons (Fsp3) is 0.125. The molecular weight excluding hydrogens is 253 g/mol. The molecule has 2 rings (SSSR count). The third-order valence-electron chi connectivity index (χ3n) is 1.98. The second-order valence-electron chi connectivity index (χ2n) is 3.02. The summed E-state index contributed by atoms with van der Waals surface area (Å²) in [6.07, 6.45) is 1.36. The summed E-state index contributed by atoms with van der Waals surface area (Å²) in [5.41, 5.74) is 0.0385. The number of H-pyrrole nitrogens is 1. The number of nitrogens with one attached hydrogen (secondary N) is 1. The second kappa shape index (κ2) is 3.77. The van der Waals surface area contributed by atoms with E-state index < -0.39 is 27.0 Å². The van der Waals surface area contributed by atoms with Gasteiger partial charge in [0.15, 0.2) is 0 Å². The smallest absolute Gasteiger partial charge is 0.376 e. The largest absolute Gasteiger partial charge is 0.463 e. The van der Waals surface area contributed by atoms with Gasteiger partial charge >= 0.3 is 16.2 Å². The first-order chi connectivity index (χ1) is 7.93. The maximum atomic E-state index is 13.0. The molecule has 0 aliphatic heterocycles. The number of methoxy groups -OCH3 is 1. The molecule has 2 aromatic heterocycles. The predicted octanol–water partition coefficient (Wildman–Crippen LogP) is 0.403. The van der Waals surface area contributed by atoms with Crippen LogP contribution in [0, 0.1) is 0 Å². The predicted molar refractivity (Wildman–Crippen MR) is 53.5 cm³/mol. The Morgan fingerprint density at radius 1 is 1.47 bits per heavy atom. The van der Waals surface area contributed by atoms with Crippen LogP contribution in [-0.4, -0.2) is 36.4 Å². The highest BCUT2D eigenvalue weighted by Crippen LogP contribution is 2.20. The molecule has 90 valence electrons. The van der Waals surface area contributed by atoms with Crippen molar-refractivity contribution in [3.63, 3.8) is 0 Å². The van der Waals surface area contributed by atoms with E-state index >= 15 is 0 Å². The Balaban J connectivity index is 2.81. The summed E-state index contributed by atoms with van der Waals surface area (Å²) in [5, 5.41) is -0.885. The lowest BCUT2D eigenvalue weighted by molar-refractivity contribution is 0.0586. The molecule has 2 aromatic rings. The molecule has 7 nitrogen and oxygen atoms in total. The molecule has 1 N–H and O–H groups in total. The first-order valence-electron chi connectivity index (χ1n) is 4.31. The summed E-state index contributed by atoms with van der Waals surface area (Å²) in [5.74, 6) is -1.48. The molecule has 0 aromatic carbocycles. The Morgan fingerprint density at radius 2 is 2.18 bits per heavy atom. The maximum absolute atomic E-state index is 13.0. The van der Waals surface area contributed by atoms with Crippen molar-refractivity contribution >= 4 is 27.2 Å². The summed E-state index contributed by atoms with van der Waals surface area (Å²) in [4.78, 5) is 20.8. The highest BCUT2D eigenvalue weighted by Gasteiger charge is 2.23. The number of aromatic amines is 1. The van der Waals surface area contributed by atoms with Crippen LogP contribution in [0.3, 0.4) is 0 Å². The molecule has 9 heteroatoms. The summed E-state index contributed by atoms with van der Waals surface area (Å²) < 4.78 is 39.1. The number of carbonyl (C=O) groups excluding carboxylic acids is 1. The lowest BCUT2D eigenvalue weighted by atomic mass is 10.4. The van der Waals surface area contributed by atoms with E-state index in [0.717, 1.165) is 7.11 Å². The minimum atomic E-state index is -5.04. The number of hydrogen-bond donors (Lipinski definition) is 1. The zero-order valence-electron chi connectivity index (χ0n) is 8.47. The molecule has 0 saturated carbocycles. The van der Waals surface area contributed by atoms with Gasteiger partial charge in [-0.25, -0.2) is 14.8 Å². The van der Waals surface area contributed by atoms with Crippen LogP contribution < -0.4 is 0 Å². The molecular formula is C8H6FN3O4S. The van der Waals surface area contributed by atoms with Crippen LogP contribution in [0.15, 0.2) is 17.3 Å². The van der Waals surface area contributed by atoms with Crippen LogP contribution in [0.25, 0.3) is 11.0 Å². The molecule has 2 heterocycles. The van der Waals surface area contributed by atoms with E-state index in [4.69, 9.17) is 0 Å². The van der Waals surface area contributed by atoms with E-state index in [2.05, 4.69) is 19.7 Å². The Labute approximate surface area is 94.9 Å². The number of halogens is 1. The molecule has 0 spiro atoms. The fourth-order valence-corrected chi connectivity index (χ4v) is 1.90. The van der Waals surface area contributed by atoms with Crippen LogP contribution in [0.4, 0.5) is 3.89 Å². The van der Waals surface area contributed by atoms with E-state index in [-0.39, 0.29) is 11.0 Å². The SMILES string of the molecule is COC(=O)c1nc(S(=O)(=O)F)c2cc[nH]c2n1. The standard InChI is InChI=1S/C8H6FN3O4S/c1-16-8(13)6-11-5-4(2-3-10-5)7(12-6)17(9,14)15/h2-3H,1H3,(H,10,11,12). The minimum Gasteiger partial charge on any atom is -0.463 e. The van der Waals surface area contributed by atoms with Gasteiger partial charge in [0.25, 0.3) is 0 Å². The lowest BCUT2D eigenvalue weighted by Crippen LogP contribution is -2.10. The van der Waals surface area contributed by atoms with Crippen molar-refractivity contribution in [2.24, 2.45) is 0 Å². The molecule has 0 aliphatic carbocycles. The average molecular weight is 259 g/mol. The van der Waals surface area contributed by atoms with Crippen molar-refractivity contribution < 1.29 is 21.8 Å². The second-order valence-corrected chi connectivity index (χ2v) is 4.28. The number of esters is 1. The minimum absolute atomic E-state index is 0.0276. The topological polar surface area (TPSA) is 102 Å². The normalized spacial score (nSPS) is 11.6. The number of hydrogen-bond acceptors (Lipinski definition) is 6. The summed E-state index contributed by atoms with van der Waals surface area (Å²) in [6.45, 7) is 0. The molecule has 0 saturated heterocycles. The first kappa shape index (κ1) is 11.5. The van der Waals surface area contributed by atoms with Crippen LogP contribution in [0.1, 0.15) is 10.6 Å². The highest BCUT2D eigenvalue weighted by atomic mass is 32.3. The van der Waals surface area contributed by atoms with Crippen molar-refractivity contribution in [2.45, 2.75) is 5.03 Å². The fourth-order valence-electron chi connectivity index (χ4n) is 1.28. The van der Waals surface area contributed by atoms with E-state index in [9.17, 15) is 17.1 Å². The zero-order chi connectivity index (χ0) is 12.6. The van der Waals surface area contributed by atoms with Crippen molar-refractivity contribution in [1.29, 1.82) is 0 Å². The number of carbonyl (C=O) groups is 1. The van der Waals surface area contributed by atoms with Gasteiger partial charge in [0.05, 0.1) is 12.5 Å². The summed E-state index contributed by atoms with van der Waals surface area (Å²) in [7, 11) is -3.96. The number of fused-ring (bicyclic) bond motifs is 1. The van der Waals surface area contributed by atoms with E-state index in [0.29, 0.717) is 0 Å². The van der Waals surface area contributed by atoms with Crippen molar-refractivity contribution in [3.05, 3.63) is 18.1 Å². The number of ether oxygens (including phenoxy) is 1. The van der Waals surface area contributed by atoms with Crippen molar-refractivity contribution in [3.8, 4) is 0 Å². The van der Waals surface area contributed by atoms with E-state index in [1.165, 1.54) is 12.3 Å². The third-order valence-corrected chi connectivity index (χ3v) is 2.75. The van der Waals surface area contributed by atoms with Gasteiger partial charge in [-0.2, -0.15) is 8.42 Å². The highest BCUT2D eigenvalue weighted by molar-refractivity contribution is 7.86. The quantitative estimate of drug-likeness (QED) is 0.476. The lowest BCUT2D eigenvalue weighted by Gasteiger charge is -2.01. The van der Waals surface area contributed by atoms with Crippen LogP contribution in [0.5, 0.6) is 0 Å². The Morgan fingerprint density at radius 3 is 2.76 bits per heavy atom. The van der Waals surface area contributed by atoms with Gasteiger partial charge in [0.2, 0.25) is 10.9 Å². The van der Waals surface area contributed by atoms with Crippen molar-refractivity contribution in [2.75, 3.05) is 7.11 Å². The zero-order valence-corrected chi connectivity index (χ0v) is 9.28. The van der Waals surface area contributed by atoms with Crippen LogP contribution in [0.2, 0.25) is 0 Å². The Kier molecular flexibility index (Phi) is 2.54. The van der Waals surface area contributed by atoms with Gasteiger partial charge in [-0.1, -0.05) is 3.89 Å². The summed E-state index contributed by atoms with van der Waals surface area (Å²) in [6, 6.07) is 1.29. The van der Waals surface area contributed by atoms with E-state index in [1.54, 1.807) is 0 Å². The first-order valence-corrected chi connectivity index (χ1v) is 5.70.